The molecule has 3 aromatic rings. The van der Waals surface area contributed by atoms with E-state index in [1.165, 1.54) is 0 Å². The molecule has 0 amide bonds. The van der Waals surface area contributed by atoms with Crippen LogP contribution in [0.15, 0.2) is 42.7 Å². The minimum atomic E-state index is -1.12. The predicted molar refractivity (Wildman–Crippen MR) is 136 cm³/mol. The maximum atomic E-state index is 12.5. The van der Waals surface area contributed by atoms with Gasteiger partial charge in [-0.2, -0.15) is 0 Å². The van der Waals surface area contributed by atoms with E-state index in [1.807, 2.05) is 64.2 Å². The van der Waals surface area contributed by atoms with Crippen molar-refractivity contribution in [2.45, 2.75) is 66.1 Å². The van der Waals surface area contributed by atoms with Crippen LogP contribution in [-0.4, -0.2) is 39.7 Å². The quantitative estimate of drug-likeness (QED) is 0.489. The zero-order chi connectivity index (χ0) is 24.7. The summed E-state index contributed by atoms with van der Waals surface area (Å²) in [5.74, 6) is -1.01. The van der Waals surface area contributed by atoms with Gasteiger partial charge in [0, 0.05) is 53.3 Å². The smallest absolute Gasteiger partial charge is 0.337 e. The molecule has 1 aliphatic heterocycles. The number of aliphatic carboxylic acids is 1. The van der Waals surface area contributed by atoms with E-state index >= 15 is 0 Å². The molecule has 3 heterocycles. The van der Waals surface area contributed by atoms with Crippen molar-refractivity contribution in [3.63, 3.8) is 0 Å². The molecule has 180 valence electrons. The summed E-state index contributed by atoms with van der Waals surface area (Å²) in [6.07, 6.45) is 4.59. The summed E-state index contributed by atoms with van der Waals surface area (Å²) in [5, 5.41) is 11.3. The molecule has 0 aliphatic carbocycles. The number of benzene rings is 1. The fourth-order valence-electron chi connectivity index (χ4n) is 4.70. The molecule has 0 bridgehead atoms. The molecule has 1 fully saturated rings. The van der Waals surface area contributed by atoms with Crippen LogP contribution < -0.4 is 4.90 Å². The Morgan fingerprint density at radius 2 is 1.76 bits per heavy atom. The van der Waals surface area contributed by atoms with Gasteiger partial charge in [-0.15, -0.1) is 0 Å². The first-order valence-electron chi connectivity index (χ1n) is 12.0. The largest absolute Gasteiger partial charge is 0.479 e. The molecule has 2 aromatic heterocycles. The highest BCUT2D eigenvalue weighted by atomic mass is 16.5. The Hall–Kier alpha value is -2.99. The van der Waals surface area contributed by atoms with Gasteiger partial charge in [-0.25, -0.2) is 4.79 Å². The summed E-state index contributed by atoms with van der Waals surface area (Å²) in [6, 6.07) is 10.1. The van der Waals surface area contributed by atoms with Crippen LogP contribution in [0.25, 0.3) is 22.0 Å². The third-order valence-corrected chi connectivity index (χ3v) is 6.60. The third-order valence-electron chi connectivity index (χ3n) is 6.60. The minimum absolute atomic E-state index is 0.258. The molecule has 1 aromatic carbocycles. The number of aryl methyl sites for hydroxylation is 1. The first kappa shape index (κ1) is 24.1. The number of rotatable bonds is 5. The van der Waals surface area contributed by atoms with Crippen LogP contribution in [-0.2, 0) is 9.53 Å². The number of carbonyl (C=O) groups is 1. The van der Waals surface area contributed by atoms with Crippen molar-refractivity contribution in [3.8, 4) is 11.1 Å². The minimum Gasteiger partial charge on any atom is -0.479 e. The lowest BCUT2D eigenvalue weighted by Crippen LogP contribution is -2.39. The molecule has 1 unspecified atom stereocenters. The lowest BCUT2D eigenvalue weighted by Gasteiger charge is -2.41. The fraction of sp³-hybridized carbons (Fsp3) is 0.464. The number of carboxylic acid groups (broad SMARTS) is 1. The number of nitrogens with zero attached hydrogens (tertiary/aromatic N) is 3. The second-order valence-corrected chi connectivity index (χ2v) is 11.0. The number of fused-ring (bicyclic) bond motifs is 1. The van der Waals surface area contributed by atoms with Crippen LogP contribution in [0.5, 0.6) is 0 Å². The lowest BCUT2D eigenvalue weighted by atomic mass is 9.82. The normalized spacial score (nSPS) is 17.1. The second-order valence-electron chi connectivity index (χ2n) is 11.0. The van der Waals surface area contributed by atoms with Crippen molar-refractivity contribution in [1.82, 2.24) is 9.97 Å². The predicted octanol–water partition coefficient (Wildman–Crippen LogP) is 6.17. The van der Waals surface area contributed by atoms with Crippen LogP contribution in [0.4, 0.5) is 5.69 Å². The number of hydrogen-bond acceptors (Lipinski definition) is 5. The van der Waals surface area contributed by atoms with Crippen LogP contribution in [0.2, 0.25) is 0 Å². The van der Waals surface area contributed by atoms with Crippen molar-refractivity contribution < 1.29 is 14.6 Å². The Kier molecular flexibility index (Phi) is 6.38. The summed E-state index contributed by atoms with van der Waals surface area (Å²) in [5.41, 5.74) is 4.56. The Bertz CT molecular complexity index is 1200. The van der Waals surface area contributed by atoms with Crippen molar-refractivity contribution in [2.24, 2.45) is 5.41 Å². The molecule has 1 atom stereocenters. The topological polar surface area (TPSA) is 75.5 Å². The number of aromatic nitrogens is 2. The van der Waals surface area contributed by atoms with Crippen LogP contribution >= 0.6 is 0 Å². The van der Waals surface area contributed by atoms with Gasteiger partial charge in [-0.05, 0) is 52.0 Å². The Morgan fingerprint density at radius 1 is 1.09 bits per heavy atom. The number of ether oxygens (including phenoxy) is 1. The van der Waals surface area contributed by atoms with Gasteiger partial charge in [-0.1, -0.05) is 38.1 Å². The standard InChI is InChI=1S/C28H35N3O3/c1-18-22(25(26(32)33)34-27(2,3)4)24(31-15-12-28(5,6)13-16-31)21(17-30-18)20-11-7-9-19-10-8-14-29-23(19)20/h7-11,14,17,25H,12-13,15-16H2,1-6H3,(H,32,33). The molecule has 0 spiro atoms. The third kappa shape index (κ3) is 4.92. The number of hydrogen-bond donors (Lipinski definition) is 1. The summed E-state index contributed by atoms with van der Waals surface area (Å²) in [4.78, 5) is 24.2. The summed E-state index contributed by atoms with van der Waals surface area (Å²) >= 11 is 0. The van der Waals surface area contributed by atoms with E-state index in [-0.39, 0.29) is 5.41 Å². The number of para-hydroxylation sites is 1. The van der Waals surface area contributed by atoms with Crippen molar-refractivity contribution in [1.29, 1.82) is 0 Å². The van der Waals surface area contributed by atoms with E-state index in [9.17, 15) is 9.90 Å². The zero-order valence-electron chi connectivity index (χ0n) is 21.1. The van der Waals surface area contributed by atoms with E-state index < -0.39 is 17.7 Å². The van der Waals surface area contributed by atoms with E-state index in [1.54, 1.807) is 6.20 Å². The first-order valence-corrected chi connectivity index (χ1v) is 12.0. The zero-order valence-corrected chi connectivity index (χ0v) is 21.1. The van der Waals surface area contributed by atoms with E-state index in [4.69, 9.17) is 4.74 Å². The molecule has 4 rings (SSSR count). The first-order chi connectivity index (χ1) is 16.0. The Morgan fingerprint density at radius 3 is 2.41 bits per heavy atom. The lowest BCUT2D eigenvalue weighted by molar-refractivity contribution is -0.160. The average Bonchev–Trinajstić information content (AvgIpc) is 2.77. The van der Waals surface area contributed by atoms with Crippen LogP contribution in [0, 0.1) is 12.3 Å². The molecule has 6 heteroatoms. The maximum Gasteiger partial charge on any atom is 0.337 e. The highest BCUT2D eigenvalue weighted by molar-refractivity contribution is 5.98. The van der Waals surface area contributed by atoms with Gasteiger partial charge in [-0.3, -0.25) is 9.97 Å². The number of pyridine rings is 2. The van der Waals surface area contributed by atoms with Gasteiger partial charge in [0.05, 0.1) is 16.8 Å². The summed E-state index contributed by atoms with van der Waals surface area (Å²) < 4.78 is 6.14. The second kappa shape index (κ2) is 8.99. The van der Waals surface area contributed by atoms with Gasteiger partial charge in [0.15, 0.2) is 6.10 Å². The Labute approximate surface area is 202 Å². The molecular weight excluding hydrogens is 426 g/mol. The summed E-state index contributed by atoms with van der Waals surface area (Å²) in [7, 11) is 0. The molecular formula is C28H35N3O3. The average molecular weight is 462 g/mol. The highest BCUT2D eigenvalue weighted by Crippen LogP contribution is 2.44. The Balaban J connectivity index is 1.99. The van der Waals surface area contributed by atoms with Crippen molar-refractivity contribution in [2.75, 3.05) is 18.0 Å². The van der Waals surface area contributed by atoms with Crippen LogP contribution in [0.3, 0.4) is 0 Å². The monoisotopic (exact) mass is 461 g/mol. The van der Waals surface area contributed by atoms with Gasteiger partial charge in [0.25, 0.3) is 0 Å². The van der Waals surface area contributed by atoms with E-state index in [0.29, 0.717) is 11.3 Å². The number of anilines is 1. The maximum absolute atomic E-state index is 12.5. The molecule has 1 saturated heterocycles. The van der Waals surface area contributed by atoms with Crippen molar-refractivity contribution in [3.05, 3.63) is 54.0 Å². The van der Waals surface area contributed by atoms with Gasteiger partial charge < -0.3 is 14.7 Å². The molecule has 0 radical (unpaired) electrons. The molecule has 34 heavy (non-hydrogen) atoms. The van der Waals surface area contributed by atoms with Gasteiger partial charge in [0.2, 0.25) is 0 Å². The van der Waals surface area contributed by atoms with Crippen molar-refractivity contribution >= 4 is 22.6 Å². The highest BCUT2D eigenvalue weighted by Gasteiger charge is 2.36. The molecule has 6 nitrogen and oxygen atoms in total. The summed E-state index contributed by atoms with van der Waals surface area (Å²) in [6.45, 7) is 13.8. The fourth-order valence-corrected chi connectivity index (χ4v) is 4.70. The molecule has 1 N–H and O–H groups in total. The van der Waals surface area contributed by atoms with E-state index in [2.05, 4.69) is 28.7 Å². The SMILES string of the molecule is Cc1ncc(-c2cccc3cccnc23)c(N2CCC(C)(C)CC2)c1C(OC(C)(C)C)C(=O)O. The number of piperidine rings is 1. The molecule has 1 aliphatic rings. The van der Waals surface area contributed by atoms with Gasteiger partial charge >= 0.3 is 5.97 Å². The van der Waals surface area contributed by atoms with E-state index in [0.717, 1.165) is 53.6 Å². The van der Waals surface area contributed by atoms with Crippen LogP contribution in [0.1, 0.15) is 64.8 Å². The molecule has 0 saturated carbocycles. The number of carboxylic acids is 1. The van der Waals surface area contributed by atoms with Gasteiger partial charge in [0.1, 0.15) is 0 Å².